The fourth-order valence-corrected chi connectivity index (χ4v) is 5.08. The van der Waals surface area contributed by atoms with Crippen molar-refractivity contribution in [2.75, 3.05) is 6.54 Å². The van der Waals surface area contributed by atoms with Crippen molar-refractivity contribution in [3.05, 3.63) is 48.6 Å². The number of hydrogen-bond acceptors (Lipinski definition) is 4. The van der Waals surface area contributed by atoms with Gasteiger partial charge in [-0.15, -0.1) is 18.3 Å². The zero-order valence-corrected chi connectivity index (χ0v) is 15.7. The summed E-state index contributed by atoms with van der Waals surface area (Å²) in [6, 6.07) is 8.27. The smallest absolute Gasteiger partial charge is 0.249 e. The van der Waals surface area contributed by atoms with E-state index in [1.807, 2.05) is 44.2 Å². The van der Waals surface area contributed by atoms with Crippen LogP contribution in [0.1, 0.15) is 19.4 Å². The van der Waals surface area contributed by atoms with E-state index in [9.17, 15) is 14.4 Å². The van der Waals surface area contributed by atoms with Gasteiger partial charge in [0.25, 0.3) is 0 Å². The van der Waals surface area contributed by atoms with Crippen LogP contribution in [0.3, 0.4) is 0 Å². The number of β-lactam (4-membered cyclic amide) rings is 1. The number of rotatable bonds is 6. The number of fused-ring (bicyclic) bond motifs is 1. The lowest BCUT2D eigenvalue weighted by Gasteiger charge is -2.44. The number of nitrogens with zero attached hydrogens (tertiary/aromatic N) is 1. The van der Waals surface area contributed by atoms with Crippen molar-refractivity contribution in [1.82, 2.24) is 15.5 Å². The molecule has 3 rings (SSSR count). The van der Waals surface area contributed by atoms with Gasteiger partial charge in [0.15, 0.2) is 0 Å². The van der Waals surface area contributed by atoms with Crippen molar-refractivity contribution in [3.8, 4) is 0 Å². The van der Waals surface area contributed by atoms with Gasteiger partial charge in [-0.3, -0.25) is 14.4 Å². The molecule has 3 atom stereocenters. The Bertz CT molecular complexity index is 735. The molecule has 138 valence electrons. The molecule has 0 unspecified atom stereocenters. The van der Waals surface area contributed by atoms with Crippen LogP contribution in [0.15, 0.2) is 43.0 Å². The number of thioether (sulfide) groups is 1. The molecule has 2 heterocycles. The van der Waals surface area contributed by atoms with Crippen LogP contribution in [0.2, 0.25) is 0 Å². The molecular weight excluding hydrogens is 350 g/mol. The maximum Gasteiger partial charge on any atom is 0.249 e. The summed E-state index contributed by atoms with van der Waals surface area (Å²) in [6.45, 7) is 7.85. The second-order valence-corrected chi connectivity index (χ2v) is 8.77. The summed E-state index contributed by atoms with van der Waals surface area (Å²) in [7, 11) is 0. The molecule has 0 aromatic heterocycles. The zero-order chi connectivity index (χ0) is 18.9. The normalized spacial score (nSPS) is 25.8. The summed E-state index contributed by atoms with van der Waals surface area (Å²) in [5.41, 5.74) is 0.898. The molecule has 26 heavy (non-hydrogen) atoms. The highest BCUT2D eigenvalue weighted by Gasteiger charge is 2.63. The summed E-state index contributed by atoms with van der Waals surface area (Å²) in [5, 5.41) is 5.39. The van der Waals surface area contributed by atoms with Crippen LogP contribution in [-0.2, 0) is 20.8 Å². The largest absolute Gasteiger partial charge is 0.351 e. The van der Waals surface area contributed by atoms with Gasteiger partial charge in [0.2, 0.25) is 17.7 Å². The van der Waals surface area contributed by atoms with Gasteiger partial charge in [0.1, 0.15) is 17.5 Å². The third-order valence-corrected chi connectivity index (χ3v) is 6.21. The molecule has 0 radical (unpaired) electrons. The lowest BCUT2D eigenvalue weighted by atomic mass is 9.95. The van der Waals surface area contributed by atoms with Crippen LogP contribution in [0.25, 0.3) is 0 Å². The average Bonchev–Trinajstić information content (AvgIpc) is 2.86. The Hall–Kier alpha value is -2.28. The molecule has 2 fully saturated rings. The lowest BCUT2D eigenvalue weighted by Crippen LogP contribution is -2.71. The topological polar surface area (TPSA) is 78.5 Å². The van der Waals surface area contributed by atoms with Crippen molar-refractivity contribution >= 4 is 29.5 Å². The summed E-state index contributed by atoms with van der Waals surface area (Å²) < 4.78 is -0.426. The van der Waals surface area contributed by atoms with Gasteiger partial charge in [0.05, 0.1) is 6.42 Å². The van der Waals surface area contributed by atoms with Crippen molar-refractivity contribution in [1.29, 1.82) is 0 Å². The molecule has 1 aromatic rings. The van der Waals surface area contributed by atoms with Crippen LogP contribution in [0.5, 0.6) is 0 Å². The Kier molecular flexibility index (Phi) is 5.09. The van der Waals surface area contributed by atoms with E-state index in [1.165, 1.54) is 0 Å². The third kappa shape index (κ3) is 3.35. The minimum Gasteiger partial charge on any atom is -0.351 e. The molecule has 0 aliphatic carbocycles. The fraction of sp³-hybridized carbons (Fsp3) is 0.421. The van der Waals surface area contributed by atoms with E-state index in [2.05, 4.69) is 17.2 Å². The minimum absolute atomic E-state index is 0.188. The minimum atomic E-state index is -0.576. The monoisotopic (exact) mass is 373 g/mol. The lowest BCUT2D eigenvalue weighted by molar-refractivity contribution is -0.155. The maximum atomic E-state index is 12.6. The number of hydrogen-bond donors (Lipinski definition) is 2. The number of benzene rings is 1. The van der Waals surface area contributed by atoms with E-state index in [0.29, 0.717) is 6.54 Å². The summed E-state index contributed by atoms with van der Waals surface area (Å²) in [6.07, 6.45) is 1.84. The second kappa shape index (κ2) is 7.15. The molecule has 6 nitrogen and oxygen atoms in total. The van der Waals surface area contributed by atoms with E-state index >= 15 is 0 Å². The first-order valence-corrected chi connectivity index (χ1v) is 9.45. The van der Waals surface area contributed by atoms with Gasteiger partial charge >= 0.3 is 0 Å². The summed E-state index contributed by atoms with van der Waals surface area (Å²) in [5.74, 6) is -0.576. The fourth-order valence-electron chi connectivity index (χ4n) is 3.45. The predicted octanol–water partition coefficient (Wildman–Crippen LogP) is 1.08. The van der Waals surface area contributed by atoms with Crippen LogP contribution in [-0.4, -0.2) is 51.4 Å². The third-order valence-electron chi connectivity index (χ3n) is 4.63. The first-order valence-electron chi connectivity index (χ1n) is 8.57. The van der Waals surface area contributed by atoms with Crippen LogP contribution in [0.4, 0.5) is 0 Å². The standard InChI is InChI=1S/C19H23N3O3S/c1-4-10-20-16(24)15-19(2,3)26-18-14(17(25)22(15)18)21-13(23)11-12-8-6-5-7-9-12/h4-9,14-15,18H,1,10-11H2,2-3H3,(H,20,24)(H,21,23)/t14-,15+,18-/m1/s1. The van der Waals surface area contributed by atoms with Crippen LogP contribution in [0, 0.1) is 0 Å². The first-order chi connectivity index (χ1) is 12.3. The highest BCUT2D eigenvalue weighted by atomic mass is 32.2. The van der Waals surface area contributed by atoms with Crippen molar-refractivity contribution in [3.63, 3.8) is 0 Å². The first kappa shape index (κ1) is 18.5. The molecule has 7 heteroatoms. The molecular formula is C19H23N3O3S. The van der Waals surface area contributed by atoms with Crippen LogP contribution < -0.4 is 10.6 Å². The molecule has 2 saturated heterocycles. The maximum absolute atomic E-state index is 12.6. The Morgan fingerprint density at radius 2 is 2.00 bits per heavy atom. The van der Waals surface area contributed by atoms with Gasteiger partial charge in [-0.1, -0.05) is 36.4 Å². The molecule has 0 saturated carbocycles. The zero-order valence-electron chi connectivity index (χ0n) is 14.9. The predicted molar refractivity (Wildman–Crippen MR) is 101 cm³/mol. The number of carbonyl (C=O) groups excluding carboxylic acids is 3. The molecule has 1 aromatic carbocycles. The Morgan fingerprint density at radius 1 is 1.31 bits per heavy atom. The van der Waals surface area contributed by atoms with Gasteiger partial charge in [-0.05, 0) is 19.4 Å². The SMILES string of the molecule is C=CCNC(=O)[C@@H]1N2C(=O)[C@@H](NC(=O)Cc3ccccc3)[C@H]2SC1(C)C. The molecule has 2 aliphatic rings. The summed E-state index contributed by atoms with van der Waals surface area (Å²) >= 11 is 1.55. The van der Waals surface area contributed by atoms with Crippen molar-refractivity contribution in [2.45, 2.75) is 42.5 Å². The van der Waals surface area contributed by atoms with E-state index in [1.54, 1.807) is 22.7 Å². The van der Waals surface area contributed by atoms with Crippen molar-refractivity contribution in [2.24, 2.45) is 0 Å². The molecule has 2 N–H and O–H groups in total. The highest BCUT2D eigenvalue weighted by Crippen LogP contribution is 2.50. The number of amides is 3. The van der Waals surface area contributed by atoms with Crippen LogP contribution >= 0.6 is 11.8 Å². The van der Waals surface area contributed by atoms with E-state index in [4.69, 9.17) is 0 Å². The highest BCUT2D eigenvalue weighted by molar-refractivity contribution is 8.01. The Balaban J connectivity index is 1.65. The second-order valence-electron chi connectivity index (χ2n) is 7.00. The van der Waals surface area contributed by atoms with E-state index in [-0.39, 0.29) is 29.5 Å². The van der Waals surface area contributed by atoms with Gasteiger partial charge in [0, 0.05) is 11.3 Å². The average molecular weight is 373 g/mol. The number of nitrogens with one attached hydrogen (secondary N) is 2. The van der Waals surface area contributed by atoms with Crippen molar-refractivity contribution < 1.29 is 14.4 Å². The molecule has 3 amide bonds. The van der Waals surface area contributed by atoms with Gasteiger partial charge in [-0.2, -0.15) is 0 Å². The summed E-state index contributed by atoms with van der Waals surface area (Å²) in [4.78, 5) is 39.0. The Morgan fingerprint density at radius 3 is 2.65 bits per heavy atom. The van der Waals surface area contributed by atoms with Gasteiger partial charge < -0.3 is 15.5 Å². The Labute approximate surface area is 157 Å². The number of carbonyl (C=O) groups is 3. The van der Waals surface area contributed by atoms with E-state index < -0.39 is 16.8 Å². The van der Waals surface area contributed by atoms with Gasteiger partial charge in [-0.25, -0.2) is 0 Å². The quantitative estimate of drug-likeness (QED) is 0.578. The molecule has 0 spiro atoms. The molecule has 2 aliphatic heterocycles. The van der Waals surface area contributed by atoms with E-state index in [0.717, 1.165) is 5.56 Å². The molecule has 0 bridgehead atoms.